The number of hydrogen-bond acceptors (Lipinski definition) is 7. The highest BCUT2D eigenvalue weighted by Gasteiger charge is 2.65. The van der Waals surface area contributed by atoms with Gasteiger partial charge in [-0.15, -0.1) is 0 Å². The summed E-state index contributed by atoms with van der Waals surface area (Å²) in [6.07, 6.45) is -0.567. The van der Waals surface area contributed by atoms with Gasteiger partial charge in [0.15, 0.2) is 18.8 Å². The normalized spacial score (nSPS) is 37.2. The van der Waals surface area contributed by atoms with Crippen LogP contribution in [-0.4, -0.2) is 52.9 Å². The van der Waals surface area contributed by atoms with Crippen LogP contribution < -0.4 is 0 Å². The van der Waals surface area contributed by atoms with E-state index in [1.807, 2.05) is 29.5 Å². The molecule has 8 heteroatoms. The summed E-state index contributed by atoms with van der Waals surface area (Å²) in [6, 6.07) is 0. The van der Waals surface area contributed by atoms with E-state index in [0.29, 0.717) is 12.8 Å². The molecule has 3 saturated heterocycles. The summed E-state index contributed by atoms with van der Waals surface area (Å²) in [7, 11) is 0. The van der Waals surface area contributed by atoms with Crippen molar-refractivity contribution in [3.05, 3.63) is 0 Å². The number of carbonyl (C=O) groups excluding carboxylic acids is 3. The van der Waals surface area contributed by atoms with Crippen LogP contribution in [0, 0.1) is 5.92 Å². The molecule has 2 bridgehead atoms. The first-order valence-corrected chi connectivity index (χ1v) is 8.12. The molecule has 6 unspecified atom stereocenters. The Bertz CT molecular complexity index is 479. The third kappa shape index (κ3) is 2.63. The summed E-state index contributed by atoms with van der Waals surface area (Å²) in [6.45, 7) is 1.42. The van der Waals surface area contributed by atoms with Crippen LogP contribution in [0.15, 0.2) is 0 Å². The molecule has 3 rings (SSSR count). The van der Waals surface area contributed by atoms with Crippen molar-refractivity contribution in [2.75, 3.05) is 6.61 Å². The molecule has 3 aliphatic rings. The van der Waals surface area contributed by atoms with Crippen molar-refractivity contribution in [3.8, 4) is 0 Å². The van der Waals surface area contributed by atoms with E-state index < -0.39 is 30.8 Å². The Kier molecular flexibility index (Phi) is 4.08. The van der Waals surface area contributed by atoms with E-state index >= 15 is 0 Å². The average Bonchev–Trinajstić information content (AvgIpc) is 3.08. The number of hydrogen-bond donors (Lipinski definition) is 0. The zero-order valence-corrected chi connectivity index (χ0v) is 13.5. The predicted octanol–water partition coefficient (Wildman–Crippen LogP) is 0.368. The second-order valence-electron chi connectivity index (χ2n) is 5.32. The Labute approximate surface area is 134 Å². The summed E-state index contributed by atoms with van der Waals surface area (Å²) in [4.78, 5) is 34.8. The van der Waals surface area contributed by atoms with Gasteiger partial charge in [0.1, 0.15) is 10.0 Å². The zero-order valence-electron chi connectivity index (χ0n) is 11.3. The molecule has 0 N–H and O–H groups in total. The van der Waals surface area contributed by atoms with Crippen molar-refractivity contribution in [1.82, 2.24) is 0 Å². The molecular formula is C13H15IO7. The first-order chi connectivity index (χ1) is 10.0. The van der Waals surface area contributed by atoms with E-state index in [-0.39, 0.29) is 28.0 Å². The molecule has 0 amide bonds. The second-order valence-corrected chi connectivity index (χ2v) is 6.82. The van der Waals surface area contributed by atoms with Crippen LogP contribution >= 0.6 is 22.6 Å². The lowest BCUT2D eigenvalue weighted by Gasteiger charge is -2.22. The Morgan fingerprint density at radius 3 is 2.90 bits per heavy atom. The number of fused-ring (bicyclic) bond motifs is 1. The van der Waals surface area contributed by atoms with Gasteiger partial charge in [-0.05, 0) is 12.8 Å². The largest absolute Gasteiger partial charge is 0.455 e. The van der Waals surface area contributed by atoms with Crippen LogP contribution in [0.3, 0.4) is 0 Å². The monoisotopic (exact) mass is 410 g/mol. The van der Waals surface area contributed by atoms with Crippen LogP contribution in [0.25, 0.3) is 0 Å². The first kappa shape index (κ1) is 15.0. The lowest BCUT2D eigenvalue weighted by molar-refractivity contribution is -0.168. The summed E-state index contributed by atoms with van der Waals surface area (Å²) < 4.78 is 20.6. The van der Waals surface area contributed by atoms with Crippen LogP contribution in [0.1, 0.15) is 19.8 Å². The van der Waals surface area contributed by atoms with Crippen molar-refractivity contribution >= 4 is 40.5 Å². The van der Waals surface area contributed by atoms with E-state index in [4.69, 9.17) is 18.9 Å². The molecule has 3 heterocycles. The molecule has 3 aliphatic heterocycles. The molecule has 3 fully saturated rings. The van der Waals surface area contributed by atoms with Crippen molar-refractivity contribution in [2.45, 2.75) is 48.1 Å². The molecule has 6 atom stereocenters. The molecule has 0 spiro atoms. The summed E-state index contributed by atoms with van der Waals surface area (Å²) in [5, 5.41) is 0. The number of ether oxygens (including phenoxy) is 4. The van der Waals surface area contributed by atoms with Gasteiger partial charge in [-0.25, -0.2) is 4.79 Å². The number of alkyl halides is 1. The second kappa shape index (κ2) is 5.71. The third-order valence-electron chi connectivity index (χ3n) is 4.00. The van der Waals surface area contributed by atoms with Gasteiger partial charge in [-0.3, -0.25) is 9.59 Å². The summed E-state index contributed by atoms with van der Waals surface area (Å²) >= 11 is 1.96. The summed E-state index contributed by atoms with van der Waals surface area (Å²) in [5.74, 6) is -1.60. The summed E-state index contributed by atoms with van der Waals surface area (Å²) in [5.41, 5.74) is 0. The number of carbonyl (C=O) groups is 3. The van der Waals surface area contributed by atoms with E-state index in [2.05, 4.69) is 0 Å². The SMILES string of the molecule is CCC(I)C(=O)OCC(=O)OC1C2CC3C(=O)OC1C3O2. The van der Waals surface area contributed by atoms with E-state index in [1.165, 1.54) is 0 Å². The Balaban J connectivity index is 1.50. The van der Waals surface area contributed by atoms with Crippen molar-refractivity contribution in [2.24, 2.45) is 5.92 Å². The molecule has 21 heavy (non-hydrogen) atoms. The van der Waals surface area contributed by atoms with Crippen molar-refractivity contribution in [1.29, 1.82) is 0 Å². The Hall–Kier alpha value is -0.900. The highest BCUT2D eigenvalue weighted by Crippen LogP contribution is 2.47. The van der Waals surface area contributed by atoms with Gasteiger partial charge in [0.2, 0.25) is 0 Å². The molecule has 0 saturated carbocycles. The van der Waals surface area contributed by atoms with Gasteiger partial charge in [-0.2, -0.15) is 0 Å². The molecule has 116 valence electrons. The lowest BCUT2D eigenvalue weighted by atomic mass is 9.88. The fourth-order valence-corrected chi connectivity index (χ4v) is 3.13. The number of esters is 3. The van der Waals surface area contributed by atoms with Crippen molar-refractivity contribution in [3.63, 3.8) is 0 Å². The van der Waals surface area contributed by atoms with Crippen LogP contribution in [0.2, 0.25) is 0 Å². The molecule has 0 aromatic carbocycles. The minimum absolute atomic E-state index is 0.225. The topological polar surface area (TPSA) is 88.1 Å². The standard InChI is InChI=1S/C13H15IO7/c1-2-6(14)13(17)18-4-8(15)20-10-7-3-5-9(19-7)11(10)21-12(5)16/h5-7,9-11H,2-4H2,1H3. The van der Waals surface area contributed by atoms with Gasteiger partial charge in [0.25, 0.3) is 0 Å². The molecule has 0 aromatic rings. The predicted molar refractivity (Wildman–Crippen MR) is 75.6 cm³/mol. The maximum atomic E-state index is 11.7. The van der Waals surface area contributed by atoms with Gasteiger partial charge in [-0.1, -0.05) is 29.5 Å². The Morgan fingerprint density at radius 1 is 1.43 bits per heavy atom. The van der Waals surface area contributed by atoms with Crippen LogP contribution in [0.4, 0.5) is 0 Å². The fraction of sp³-hybridized carbons (Fsp3) is 0.769. The van der Waals surface area contributed by atoms with Crippen LogP contribution in [0.5, 0.6) is 0 Å². The van der Waals surface area contributed by atoms with Crippen LogP contribution in [-0.2, 0) is 33.3 Å². The Morgan fingerprint density at radius 2 is 2.19 bits per heavy atom. The average molecular weight is 410 g/mol. The first-order valence-electron chi connectivity index (χ1n) is 6.87. The molecule has 0 aromatic heterocycles. The minimum atomic E-state index is -0.649. The third-order valence-corrected chi connectivity index (χ3v) is 5.39. The smallest absolute Gasteiger partial charge is 0.344 e. The van der Waals surface area contributed by atoms with Gasteiger partial charge in [0, 0.05) is 0 Å². The number of rotatable bonds is 5. The molecule has 0 aliphatic carbocycles. The minimum Gasteiger partial charge on any atom is -0.455 e. The number of halogens is 1. The lowest BCUT2D eigenvalue weighted by Crippen LogP contribution is -2.41. The fourth-order valence-electron chi connectivity index (χ4n) is 2.95. The maximum Gasteiger partial charge on any atom is 0.344 e. The van der Waals surface area contributed by atoms with Gasteiger partial charge in [0.05, 0.1) is 12.0 Å². The molecule has 0 radical (unpaired) electrons. The van der Waals surface area contributed by atoms with Gasteiger partial charge >= 0.3 is 17.9 Å². The molecular weight excluding hydrogens is 395 g/mol. The zero-order chi connectivity index (χ0) is 15.1. The highest BCUT2D eigenvalue weighted by atomic mass is 127. The van der Waals surface area contributed by atoms with E-state index in [0.717, 1.165) is 0 Å². The maximum absolute atomic E-state index is 11.7. The quantitative estimate of drug-likeness (QED) is 0.280. The van der Waals surface area contributed by atoms with E-state index in [1.54, 1.807) is 0 Å². The van der Waals surface area contributed by atoms with Gasteiger partial charge < -0.3 is 18.9 Å². The van der Waals surface area contributed by atoms with E-state index in [9.17, 15) is 14.4 Å². The van der Waals surface area contributed by atoms with Crippen molar-refractivity contribution < 1.29 is 33.3 Å². The highest BCUT2D eigenvalue weighted by molar-refractivity contribution is 14.1. The molecule has 7 nitrogen and oxygen atoms in total.